The van der Waals surface area contributed by atoms with Crippen LogP contribution in [0.2, 0.25) is 0 Å². The van der Waals surface area contributed by atoms with Gasteiger partial charge in [-0.05, 0) is 56.5 Å². The highest BCUT2D eigenvalue weighted by Crippen LogP contribution is 2.27. The molecule has 7 nitrogen and oxygen atoms in total. The van der Waals surface area contributed by atoms with E-state index in [2.05, 4.69) is 5.32 Å². The van der Waals surface area contributed by atoms with Gasteiger partial charge in [0, 0.05) is 12.6 Å². The highest BCUT2D eigenvalue weighted by atomic mass is 32.2. The van der Waals surface area contributed by atoms with Crippen molar-refractivity contribution in [3.63, 3.8) is 0 Å². The highest BCUT2D eigenvalue weighted by Gasteiger charge is 2.34. The molecule has 9 heteroatoms. The largest absolute Gasteiger partial charge is 0.352 e. The van der Waals surface area contributed by atoms with E-state index in [0.29, 0.717) is 0 Å². The number of carbonyl (C=O) groups excluding carboxylic acids is 2. The lowest BCUT2D eigenvalue weighted by Gasteiger charge is -2.32. The fourth-order valence-electron chi connectivity index (χ4n) is 4.75. The Hall–Kier alpha value is -3.72. The number of para-hydroxylation sites is 1. The average molecular weight is 552 g/mol. The van der Waals surface area contributed by atoms with Crippen LogP contribution in [0.4, 0.5) is 10.1 Å². The average Bonchev–Trinajstić information content (AvgIpc) is 3.45. The van der Waals surface area contributed by atoms with E-state index in [0.717, 1.165) is 47.2 Å². The van der Waals surface area contributed by atoms with Gasteiger partial charge in [0.1, 0.15) is 18.4 Å². The molecule has 0 heterocycles. The first-order valence-electron chi connectivity index (χ1n) is 13.1. The monoisotopic (exact) mass is 551 g/mol. The maximum absolute atomic E-state index is 14.9. The third-order valence-corrected chi connectivity index (χ3v) is 8.85. The smallest absolute Gasteiger partial charge is 0.264 e. The molecule has 1 fully saturated rings. The summed E-state index contributed by atoms with van der Waals surface area (Å²) in [5.41, 5.74) is 1.59. The molecule has 1 saturated carbocycles. The minimum atomic E-state index is -4.30. The van der Waals surface area contributed by atoms with Gasteiger partial charge in [0.15, 0.2) is 0 Å². The summed E-state index contributed by atoms with van der Waals surface area (Å²) in [5.74, 6) is -1.69. The van der Waals surface area contributed by atoms with Gasteiger partial charge in [-0.25, -0.2) is 12.8 Å². The summed E-state index contributed by atoms with van der Waals surface area (Å²) in [6.45, 7) is 3.00. The zero-order valence-corrected chi connectivity index (χ0v) is 23.0. The number of rotatable bonds is 10. The minimum absolute atomic E-state index is 0.0599. The number of amides is 2. The first-order chi connectivity index (χ1) is 18.7. The number of hydrogen-bond acceptors (Lipinski definition) is 4. The number of carbonyl (C=O) groups is 2. The lowest BCUT2D eigenvalue weighted by molar-refractivity contribution is -0.139. The van der Waals surface area contributed by atoms with Gasteiger partial charge in [-0.1, -0.05) is 73.0 Å². The molecule has 1 aliphatic carbocycles. The Kier molecular flexibility index (Phi) is 9.01. The second-order valence-electron chi connectivity index (χ2n) is 9.95. The lowest BCUT2D eigenvalue weighted by Crippen LogP contribution is -2.52. The number of hydrogen-bond donors (Lipinski definition) is 1. The van der Waals surface area contributed by atoms with E-state index in [1.54, 1.807) is 25.1 Å². The molecule has 0 bridgehead atoms. The van der Waals surface area contributed by atoms with Crippen molar-refractivity contribution in [2.24, 2.45) is 0 Å². The van der Waals surface area contributed by atoms with E-state index >= 15 is 0 Å². The molecule has 0 aromatic heterocycles. The standard InChI is InChI=1S/C30H34FN3O4S/c1-22-16-18-24(19-17-22)20-33(23(2)30(36)32-25-10-6-7-11-25)29(35)21-34(28-15-9-8-14-27(28)31)39(37,38)26-12-4-3-5-13-26/h3-5,8-9,12-19,23,25H,6-7,10-11,20-21H2,1-2H3,(H,32,36). The Labute approximate surface area is 229 Å². The zero-order chi connectivity index (χ0) is 28.0. The summed E-state index contributed by atoms with van der Waals surface area (Å²) in [4.78, 5) is 28.4. The summed E-state index contributed by atoms with van der Waals surface area (Å²) < 4.78 is 43.1. The maximum Gasteiger partial charge on any atom is 0.264 e. The van der Waals surface area contributed by atoms with E-state index in [1.807, 2.05) is 31.2 Å². The predicted molar refractivity (Wildman–Crippen MR) is 149 cm³/mol. The number of nitrogens with zero attached hydrogens (tertiary/aromatic N) is 2. The topological polar surface area (TPSA) is 86.8 Å². The molecule has 1 unspecified atom stereocenters. The third kappa shape index (κ3) is 6.84. The van der Waals surface area contributed by atoms with Gasteiger partial charge in [0.05, 0.1) is 10.6 Å². The summed E-state index contributed by atoms with van der Waals surface area (Å²) in [5, 5.41) is 3.03. The normalized spacial score (nSPS) is 14.5. The molecule has 39 heavy (non-hydrogen) atoms. The van der Waals surface area contributed by atoms with Crippen LogP contribution in [0, 0.1) is 12.7 Å². The SMILES string of the molecule is Cc1ccc(CN(C(=O)CN(c2ccccc2F)S(=O)(=O)c2ccccc2)C(C)C(=O)NC2CCCC2)cc1. The van der Waals surface area contributed by atoms with Crippen molar-refractivity contribution in [2.45, 2.75) is 63.1 Å². The van der Waals surface area contributed by atoms with Gasteiger partial charge in [-0.2, -0.15) is 0 Å². The van der Waals surface area contributed by atoms with Gasteiger partial charge in [0.2, 0.25) is 11.8 Å². The molecule has 3 aromatic carbocycles. The molecule has 1 aliphatic rings. The lowest BCUT2D eigenvalue weighted by atomic mass is 10.1. The number of aryl methyl sites for hydroxylation is 1. The first kappa shape index (κ1) is 28.3. The molecule has 1 atom stereocenters. The second-order valence-corrected chi connectivity index (χ2v) is 11.8. The van der Waals surface area contributed by atoms with Crippen LogP contribution < -0.4 is 9.62 Å². The molecule has 1 N–H and O–H groups in total. The van der Waals surface area contributed by atoms with Crippen molar-refractivity contribution in [2.75, 3.05) is 10.8 Å². The number of benzene rings is 3. The molecule has 2 amide bonds. The number of nitrogens with one attached hydrogen (secondary N) is 1. The number of halogens is 1. The van der Waals surface area contributed by atoms with E-state index in [4.69, 9.17) is 0 Å². The van der Waals surface area contributed by atoms with Crippen molar-refractivity contribution in [3.05, 3.63) is 95.8 Å². The van der Waals surface area contributed by atoms with Crippen LogP contribution in [0.5, 0.6) is 0 Å². The van der Waals surface area contributed by atoms with E-state index in [1.165, 1.54) is 35.2 Å². The molecule has 206 valence electrons. The summed E-state index contributed by atoms with van der Waals surface area (Å²) >= 11 is 0. The van der Waals surface area contributed by atoms with Gasteiger partial charge in [-0.3, -0.25) is 13.9 Å². The summed E-state index contributed by atoms with van der Waals surface area (Å²) in [7, 11) is -4.30. The van der Waals surface area contributed by atoms with Crippen molar-refractivity contribution >= 4 is 27.5 Å². The maximum atomic E-state index is 14.9. The molecular weight excluding hydrogens is 517 g/mol. The molecule has 0 radical (unpaired) electrons. The fourth-order valence-corrected chi connectivity index (χ4v) is 6.19. The second kappa shape index (κ2) is 12.4. The van der Waals surface area contributed by atoms with Crippen molar-refractivity contribution in [1.82, 2.24) is 10.2 Å². The molecule has 4 rings (SSSR count). The Morgan fingerprint density at radius 1 is 0.949 bits per heavy atom. The van der Waals surface area contributed by atoms with Crippen LogP contribution in [-0.2, 0) is 26.2 Å². The van der Waals surface area contributed by atoms with E-state index < -0.39 is 34.3 Å². The number of anilines is 1. The van der Waals surface area contributed by atoms with Crippen molar-refractivity contribution in [1.29, 1.82) is 0 Å². The molecule has 0 saturated heterocycles. The third-order valence-electron chi connectivity index (χ3n) is 7.07. The fraction of sp³-hybridized carbons (Fsp3) is 0.333. The molecule has 0 aliphatic heterocycles. The van der Waals surface area contributed by atoms with Crippen LogP contribution in [0.3, 0.4) is 0 Å². The van der Waals surface area contributed by atoms with E-state index in [9.17, 15) is 22.4 Å². The first-order valence-corrected chi connectivity index (χ1v) is 14.6. The predicted octanol–water partition coefficient (Wildman–Crippen LogP) is 4.81. The van der Waals surface area contributed by atoms with Crippen molar-refractivity contribution in [3.8, 4) is 0 Å². The van der Waals surface area contributed by atoms with Crippen molar-refractivity contribution < 1.29 is 22.4 Å². The van der Waals surface area contributed by atoms with Gasteiger partial charge >= 0.3 is 0 Å². The highest BCUT2D eigenvalue weighted by molar-refractivity contribution is 7.92. The van der Waals surface area contributed by atoms with Crippen LogP contribution in [0.25, 0.3) is 0 Å². The number of sulfonamides is 1. The van der Waals surface area contributed by atoms with Gasteiger partial charge in [0.25, 0.3) is 10.0 Å². The van der Waals surface area contributed by atoms with Crippen LogP contribution in [-0.4, -0.2) is 43.8 Å². The Balaban J connectivity index is 1.68. The Bertz CT molecular complexity index is 1390. The van der Waals surface area contributed by atoms with Crippen LogP contribution in [0.15, 0.2) is 83.8 Å². The minimum Gasteiger partial charge on any atom is -0.352 e. The summed E-state index contributed by atoms with van der Waals surface area (Å²) in [6, 6.07) is 19.8. The summed E-state index contributed by atoms with van der Waals surface area (Å²) in [6.07, 6.45) is 3.86. The van der Waals surface area contributed by atoms with Gasteiger partial charge in [-0.15, -0.1) is 0 Å². The van der Waals surface area contributed by atoms with Gasteiger partial charge < -0.3 is 10.2 Å². The molecule has 0 spiro atoms. The van der Waals surface area contributed by atoms with E-state index in [-0.39, 0.29) is 29.1 Å². The molecule has 3 aromatic rings. The van der Waals surface area contributed by atoms with Crippen LogP contribution >= 0.6 is 0 Å². The van der Waals surface area contributed by atoms with Crippen LogP contribution in [0.1, 0.15) is 43.7 Å². The quantitative estimate of drug-likeness (QED) is 0.392. The Morgan fingerprint density at radius 3 is 2.21 bits per heavy atom. The molecular formula is C30H34FN3O4S. The zero-order valence-electron chi connectivity index (χ0n) is 22.2. The Morgan fingerprint density at radius 2 is 1.56 bits per heavy atom.